The number of halogens is 1. The molecule has 2 aromatic rings. The third-order valence-corrected chi connectivity index (χ3v) is 3.65. The first-order chi connectivity index (χ1) is 8.81. The van der Waals surface area contributed by atoms with Crippen molar-refractivity contribution in [2.24, 2.45) is 0 Å². The highest BCUT2D eigenvalue weighted by molar-refractivity contribution is 9.10. The van der Waals surface area contributed by atoms with Crippen molar-refractivity contribution >= 4 is 15.9 Å². The van der Waals surface area contributed by atoms with E-state index in [1.807, 2.05) is 12.1 Å². The molecular formula is C13H14BrN3O. The molecule has 1 fully saturated rings. The molecule has 0 bridgehead atoms. The van der Waals surface area contributed by atoms with Gasteiger partial charge in [0.05, 0.1) is 12.5 Å². The Morgan fingerprint density at radius 3 is 2.89 bits per heavy atom. The summed E-state index contributed by atoms with van der Waals surface area (Å²) in [5, 5.41) is 7.42. The number of hydrogen-bond donors (Lipinski definition) is 1. The standard InChI is InChI=1S/C13H14BrN3O/c14-10-5-3-9(4-6-10)8-12-16-13(17-18-12)11-2-1-7-15-11/h3-6,11,15H,1-2,7-8H2. The molecule has 0 spiro atoms. The minimum Gasteiger partial charge on any atom is -0.339 e. The van der Waals surface area contributed by atoms with Crippen molar-refractivity contribution in [1.82, 2.24) is 15.5 Å². The molecule has 3 rings (SSSR count). The van der Waals surface area contributed by atoms with Crippen molar-refractivity contribution in [3.63, 3.8) is 0 Å². The molecule has 1 unspecified atom stereocenters. The maximum absolute atomic E-state index is 5.30. The molecule has 1 N–H and O–H groups in total. The predicted molar refractivity (Wildman–Crippen MR) is 71.2 cm³/mol. The molecular weight excluding hydrogens is 294 g/mol. The topological polar surface area (TPSA) is 51.0 Å². The van der Waals surface area contributed by atoms with E-state index in [9.17, 15) is 0 Å². The average molecular weight is 308 g/mol. The molecule has 1 aromatic heterocycles. The zero-order chi connectivity index (χ0) is 12.4. The van der Waals surface area contributed by atoms with Crippen molar-refractivity contribution in [2.45, 2.75) is 25.3 Å². The van der Waals surface area contributed by atoms with Crippen molar-refractivity contribution in [3.05, 3.63) is 46.0 Å². The van der Waals surface area contributed by atoms with Gasteiger partial charge in [0.1, 0.15) is 0 Å². The second-order valence-corrected chi connectivity index (χ2v) is 5.41. The molecule has 1 atom stereocenters. The maximum atomic E-state index is 5.30. The second kappa shape index (κ2) is 5.20. The number of aromatic nitrogens is 2. The lowest BCUT2D eigenvalue weighted by Crippen LogP contribution is -2.14. The molecule has 18 heavy (non-hydrogen) atoms. The maximum Gasteiger partial charge on any atom is 0.231 e. The van der Waals surface area contributed by atoms with E-state index in [4.69, 9.17) is 4.52 Å². The lowest BCUT2D eigenvalue weighted by Gasteiger charge is -2.01. The van der Waals surface area contributed by atoms with Gasteiger partial charge in [-0.15, -0.1) is 0 Å². The molecule has 1 aliphatic rings. The molecule has 0 aliphatic carbocycles. The van der Waals surface area contributed by atoms with Crippen LogP contribution in [0.3, 0.4) is 0 Å². The van der Waals surface area contributed by atoms with Crippen LogP contribution in [0.25, 0.3) is 0 Å². The van der Waals surface area contributed by atoms with Gasteiger partial charge >= 0.3 is 0 Å². The van der Waals surface area contributed by atoms with Crippen LogP contribution in [0.2, 0.25) is 0 Å². The molecule has 2 heterocycles. The third kappa shape index (κ3) is 2.62. The minimum absolute atomic E-state index is 0.271. The second-order valence-electron chi connectivity index (χ2n) is 4.50. The Labute approximate surface area is 114 Å². The molecule has 4 nitrogen and oxygen atoms in total. The average Bonchev–Trinajstić information content (AvgIpc) is 3.02. The molecule has 94 valence electrons. The fourth-order valence-electron chi connectivity index (χ4n) is 2.16. The van der Waals surface area contributed by atoms with Gasteiger partial charge in [0, 0.05) is 4.47 Å². The van der Waals surface area contributed by atoms with E-state index >= 15 is 0 Å². The first-order valence-electron chi connectivity index (χ1n) is 6.11. The van der Waals surface area contributed by atoms with Gasteiger partial charge in [-0.3, -0.25) is 0 Å². The Hall–Kier alpha value is -1.20. The number of hydrogen-bond acceptors (Lipinski definition) is 4. The third-order valence-electron chi connectivity index (χ3n) is 3.12. The summed E-state index contributed by atoms with van der Waals surface area (Å²) in [7, 11) is 0. The highest BCUT2D eigenvalue weighted by Crippen LogP contribution is 2.21. The lowest BCUT2D eigenvalue weighted by atomic mass is 10.1. The van der Waals surface area contributed by atoms with Crippen LogP contribution >= 0.6 is 15.9 Å². The van der Waals surface area contributed by atoms with Crippen molar-refractivity contribution < 1.29 is 4.52 Å². The summed E-state index contributed by atoms with van der Waals surface area (Å²) in [5.74, 6) is 1.47. The summed E-state index contributed by atoms with van der Waals surface area (Å²) in [6, 6.07) is 8.42. The van der Waals surface area contributed by atoms with Crippen LogP contribution < -0.4 is 5.32 Å². The highest BCUT2D eigenvalue weighted by Gasteiger charge is 2.21. The van der Waals surface area contributed by atoms with E-state index in [0.29, 0.717) is 12.3 Å². The van der Waals surface area contributed by atoms with Gasteiger partial charge in [-0.1, -0.05) is 33.2 Å². The predicted octanol–water partition coefficient (Wildman–Crippen LogP) is 2.85. The van der Waals surface area contributed by atoms with E-state index in [1.54, 1.807) is 0 Å². The van der Waals surface area contributed by atoms with Crippen LogP contribution in [0.15, 0.2) is 33.3 Å². The largest absolute Gasteiger partial charge is 0.339 e. The quantitative estimate of drug-likeness (QED) is 0.947. The molecule has 0 radical (unpaired) electrons. The monoisotopic (exact) mass is 307 g/mol. The minimum atomic E-state index is 0.271. The highest BCUT2D eigenvalue weighted by atomic mass is 79.9. The lowest BCUT2D eigenvalue weighted by molar-refractivity contribution is 0.373. The van der Waals surface area contributed by atoms with Gasteiger partial charge in [0.15, 0.2) is 5.82 Å². The number of rotatable bonds is 3. The number of nitrogens with one attached hydrogen (secondary N) is 1. The van der Waals surface area contributed by atoms with Crippen molar-refractivity contribution in [2.75, 3.05) is 6.54 Å². The Balaban J connectivity index is 1.71. The van der Waals surface area contributed by atoms with Crippen molar-refractivity contribution in [3.8, 4) is 0 Å². The molecule has 0 saturated carbocycles. The molecule has 0 amide bonds. The van der Waals surface area contributed by atoms with E-state index in [1.165, 1.54) is 12.0 Å². The molecule has 1 aromatic carbocycles. The van der Waals surface area contributed by atoms with Crippen LogP contribution in [0, 0.1) is 0 Å². The zero-order valence-corrected chi connectivity index (χ0v) is 11.5. The zero-order valence-electron chi connectivity index (χ0n) is 9.90. The van der Waals surface area contributed by atoms with Gasteiger partial charge in [0.2, 0.25) is 5.89 Å². The summed E-state index contributed by atoms with van der Waals surface area (Å²) >= 11 is 3.42. The smallest absolute Gasteiger partial charge is 0.231 e. The normalized spacial score (nSPS) is 19.3. The summed E-state index contributed by atoms with van der Waals surface area (Å²) in [4.78, 5) is 4.46. The first kappa shape index (κ1) is 11.9. The number of benzene rings is 1. The molecule has 1 saturated heterocycles. The fraction of sp³-hybridized carbons (Fsp3) is 0.385. The number of nitrogens with zero attached hydrogens (tertiary/aromatic N) is 2. The van der Waals surface area contributed by atoms with E-state index < -0.39 is 0 Å². The van der Waals surface area contributed by atoms with Crippen LogP contribution in [0.1, 0.15) is 36.2 Å². The SMILES string of the molecule is Brc1ccc(Cc2nc(C3CCCN3)no2)cc1. The van der Waals surface area contributed by atoms with Gasteiger partial charge in [-0.25, -0.2) is 0 Å². The summed E-state index contributed by atoms with van der Waals surface area (Å²) in [6.07, 6.45) is 2.96. The van der Waals surface area contributed by atoms with Gasteiger partial charge in [0.25, 0.3) is 0 Å². The Bertz CT molecular complexity index is 517. The van der Waals surface area contributed by atoms with Crippen LogP contribution in [0.5, 0.6) is 0 Å². The first-order valence-corrected chi connectivity index (χ1v) is 6.91. The van der Waals surface area contributed by atoms with Gasteiger partial charge in [-0.05, 0) is 37.1 Å². The summed E-state index contributed by atoms with van der Waals surface area (Å²) < 4.78 is 6.37. The summed E-state index contributed by atoms with van der Waals surface area (Å²) in [6.45, 7) is 1.04. The van der Waals surface area contributed by atoms with Crippen LogP contribution in [0.4, 0.5) is 0 Å². The van der Waals surface area contributed by atoms with E-state index in [2.05, 4.69) is 43.5 Å². The van der Waals surface area contributed by atoms with Crippen LogP contribution in [-0.2, 0) is 6.42 Å². The molecule has 1 aliphatic heterocycles. The van der Waals surface area contributed by atoms with Crippen LogP contribution in [-0.4, -0.2) is 16.7 Å². The molecule has 5 heteroatoms. The van der Waals surface area contributed by atoms with Gasteiger partial charge < -0.3 is 9.84 Å². The van der Waals surface area contributed by atoms with Crippen molar-refractivity contribution in [1.29, 1.82) is 0 Å². The van der Waals surface area contributed by atoms with Gasteiger partial charge in [-0.2, -0.15) is 4.98 Å². The summed E-state index contributed by atoms with van der Waals surface area (Å²) in [5.41, 5.74) is 1.17. The Morgan fingerprint density at radius 2 is 2.17 bits per heavy atom. The Kier molecular flexibility index (Phi) is 3.43. The van der Waals surface area contributed by atoms with E-state index in [-0.39, 0.29) is 6.04 Å². The Morgan fingerprint density at radius 1 is 1.33 bits per heavy atom. The fourth-order valence-corrected chi connectivity index (χ4v) is 2.43. The van der Waals surface area contributed by atoms with E-state index in [0.717, 1.165) is 23.3 Å².